The van der Waals surface area contributed by atoms with Crippen molar-refractivity contribution in [3.05, 3.63) is 36.0 Å². The highest BCUT2D eigenvalue weighted by atomic mass is 32.2. The van der Waals surface area contributed by atoms with E-state index < -0.39 is 9.84 Å². The fraction of sp³-hybridized carbons (Fsp3) is 0.467. The van der Waals surface area contributed by atoms with E-state index in [0.29, 0.717) is 13.2 Å². The fourth-order valence-electron chi connectivity index (χ4n) is 2.33. The van der Waals surface area contributed by atoms with E-state index >= 15 is 0 Å². The highest BCUT2D eigenvalue weighted by Gasteiger charge is 2.09. The Hall–Kier alpha value is -1.37. The molecule has 1 N–H and O–H groups in total. The van der Waals surface area contributed by atoms with Gasteiger partial charge in [-0.05, 0) is 17.0 Å². The van der Waals surface area contributed by atoms with Crippen LogP contribution in [-0.4, -0.2) is 45.3 Å². The molecular weight excluding hydrogens is 288 g/mol. The summed E-state index contributed by atoms with van der Waals surface area (Å²) in [7, 11) is -1.28. The maximum absolute atomic E-state index is 11.4. The molecule has 116 valence electrons. The monoisotopic (exact) mass is 310 g/mol. The van der Waals surface area contributed by atoms with Crippen LogP contribution in [0.1, 0.15) is 5.56 Å². The summed E-state index contributed by atoms with van der Waals surface area (Å²) < 4.78 is 29.7. The van der Waals surface area contributed by atoms with Gasteiger partial charge in [-0.15, -0.1) is 0 Å². The normalized spacial score (nSPS) is 12.1. The second-order valence-corrected chi connectivity index (χ2v) is 7.42. The first-order valence-corrected chi connectivity index (χ1v) is 9.01. The molecule has 0 atom stereocenters. The molecule has 1 aromatic carbocycles. The van der Waals surface area contributed by atoms with Crippen LogP contribution in [0.2, 0.25) is 0 Å². The zero-order valence-electron chi connectivity index (χ0n) is 12.5. The number of ether oxygens (including phenoxy) is 1. The molecule has 2 aromatic rings. The number of hydrogen-bond acceptors (Lipinski definition) is 4. The lowest BCUT2D eigenvalue weighted by molar-refractivity contribution is 0.199. The van der Waals surface area contributed by atoms with Gasteiger partial charge in [-0.3, -0.25) is 0 Å². The Kier molecular flexibility index (Phi) is 5.39. The molecule has 2 rings (SSSR count). The van der Waals surface area contributed by atoms with Crippen LogP contribution in [0.4, 0.5) is 0 Å². The first-order chi connectivity index (χ1) is 10.0. The van der Waals surface area contributed by atoms with Gasteiger partial charge in [-0.2, -0.15) is 0 Å². The van der Waals surface area contributed by atoms with Gasteiger partial charge in [-0.1, -0.05) is 18.2 Å². The van der Waals surface area contributed by atoms with Crippen molar-refractivity contribution in [2.75, 3.05) is 32.3 Å². The van der Waals surface area contributed by atoms with E-state index in [2.05, 4.69) is 11.4 Å². The molecule has 0 fully saturated rings. The van der Waals surface area contributed by atoms with Crippen LogP contribution < -0.4 is 5.32 Å². The van der Waals surface area contributed by atoms with Crippen LogP contribution in [0.25, 0.3) is 10.9 Å². The Morgan fingerprint density at radius 1 is 1.29 bits per heavy atom. The number of rotatable bonds is 8. The number of hydrogen-bond donors (Lipinski definition) is 1. The molecule has 0 aliphatic rings. The number of fused-ring (bicyclic) bond motifs is 1. The standard InChI is InChI=1S/C15H22N2O3S/c1-20-10-7-16-12-14-5-3-4-13-6-8-17(15(13)14)9-11-21(2,18)19/h3-6,8,16H,7,9-12H2,1-2H3. The number of nitrogens with one attached hydrogen (secondary N) is 1. The molecule has 0 spiro atoms. The van der Waals surface area contributed by atoms with E-state index in [1.807, 2.05) is 29.0 Å². The Bertz CT molecular complexity index is 692. The van der Waals surface area contributed by atoms with Crippen LogP contribution in [0.3, 0.4) is 0 Å². The van der Waals surface area contributed by atoms with Gasteiger partial charge in [0.05, 0.1) is 17.9 Å². The summed E-state index contributed by atoms with van der Waals surface area (Å²) in [6.45, 7) is 2.68. The van der Waals surface area contributed by atoms with Gasteiger partial charge in [0.25, 0.3) is 0 Å². The summed E-state index contributed by atoms with van der Waals surface area (Å²) in [5.41, 5.74) is 2.27. The van der Waals surface area contributed by atoms with Gasteiger partial charge in [0.2, 0.25) is 0 Å². The molecular formula is C15H22N2O3S. The summed E-state index contributed by atoms with van der Waals surface area (Å²) in [4.78, 5) is 0. The summed E-state index contributed by atoms with van der Waals surface area (Å²) in [5.74, 6) is 0.155. The molecule has 1 heterocycles. The number of para-hydroxylation sites is 1. The third-order valence-corrected chi connectivity index (χ3v) is 4.30. The van der Waals surface area contributed by atoms with Gasteiger partial charge in [-0.25, -0.2) is 8.42 Å². The highest BCUT2D eigenvalue weighted by Crippen LogP contribution is 2.20. The predicted octanol–water partition coefficient (Wildman–Crippen LogP) is 1.42. The van der Waals surface area contributed by atoms with E-state index in [1.165, 1.54) is 11.8 Å². The van der Waals surface area contributed by atoms with Crippen molar-refractivity contribution in [3.63, 3.8) is 0 Å². The van der Waals surface area contributed by atoms with Gasteiger partial charge >= 0.3 is 0 Å². The van der Waals surface area contributed by atoms with E-state index in [-0.39, 0.29) is 5.75 Å². The maximum atomic E-state index is 11.4. The molecule has 5 nitrogen and oxygen atoms in total. The minimum Gasteiger partial charge on any atom is -0.383 e. The van der Waals surface area contributed by atoms with E-state index in [4.69, 9.17) is 4.74 Å². The molecule has 0 amide bonds. The number of sulfone groups is 1. The molecule has 0 saturated heterocycles. The highest BCUT2D eigenvalue weighted by molar-refractivity contribution is 7.90. The van der Waals surface area contributed by atoms with E-state index in [1.54, 1.807) is 7.11 Å². The van der Waals surface area contributed by atoms with E-state index in [0.717, 1.165) is 24.0 Å². The largest absolute Gasteiger partial charge is 0.383 e. The molecule has 0 aliphatic carbocycles. The average molecular weight is 310 g/mol. The van der Waals surface area contributed by atoms with Crippen molar-refractivity contribution in [3.8, 4) is 0 Å². The van der Waals surface area contributed by atoms with Crippen molar-refractivity contribution in [1.29, 1.82) is 0 Å². The minimum absolute atomic E-state index is 0.155. The van der Waals surface area contributed by atoms with Crippen LogP contribution >= 0.6 is 0 Å². The van der Waals surface area contributed by atoms with Gasteiger partial charge in [0.1, 0.15) is 9.84 Å². The molecule has 0 unspecified atom stereocenters. The summed E-state index contributed by atoms with van der Waals surface area (Å²) >= 11 is 0. The van der Waals surface area contributed by atoms with Crippen LogP contribution in [0.5, 0.6) is 0 Å². The third kappa shape index (κ3) is 4.56. The molecule has 0 saturated carbocycles. The maximum Gasteiger partial charge on any atom is 0.149 e. The van der Waals surface area contributed by atoms with Crippen molar-refractivity contribution < 1.29 is 13.2 Å². The van der Waals surface area contributed by atoms with Crippen LogP contribution in [0, 0.1) is 0 Å². The Morgan fingerprint density at radius 2 is 2.10 bits per heavy atom. The van der Waals surface area contributed by atoms with Crippen LogP contribution in [-0.2, 0) is 27.7 Å². The third-order valence-electron chi connectivity index (χ3n) is 3.37. The smallest absolute Gasteiger partial charge is 0.149 e. The summed E-state index contributed by atoms with van der Waals surface area (Å²) in [6, 6.07) is 8.16. The Balaban J connectivity index is 2.18. The topological polar surface area (TPSA) is 60.3 Å². The molecule has 0 bridgehead atoms. The van der Waals surface area contributed by atoms with Crippen LogP contribution in [0.15, 0.2) is 30.5 Å². The van der Waals surface area contributed by atoms with Crippen molar-refractivity contribution in [2.45, 2.75) is 13.1 Å². The number of benzene rings is 1. The number of nitrogens with zero attached hydrogens (tertiary/aromatic N) is 1. The first kappa shape index (κ1) is 16.0. The predicted molar refractivity (Wildman–Crippen MR) is 85.2 cm³/mol. The molecule has 21 heavy (non-hydrogen) atoms. The Morgan fingerprint density at radius 3 is 2.81 bits per heavy atom. The van der Waals surface area contributed by atoms with Gasteiger partial charge in [0.15, 0.2) is 0 Å². The molecule has 0 radical (unpaired) electrons. The molecule has 6 heteroatoms. The first-order valence-electron chi connectivity index (χ1n) is 6.95. The molecule has 1 aromatic heterocycles. The fourth-order valence-corrected chi connectivity index (χ4v) is 2.86. The number of aromatic nitrogens is 1. The second kappa shape index (κ2) is 7.06. The minimum atomic E-state index is -2.96. The van der Waals surface area contributed by atoms with E-state index in [9.17, 15) is 8.42 Å². The van der Waals surface area contributed by atoms with Crippen molar-refractivity contribution >= 4 is 20.7 Å². The zero-order valence-corrected chi connectivity index (χ0v) is 13.3. The molecule has 0 aliphatic heterocycles. The number of aryl methyl sites for hydroxylation is 1. The Labute approximate surface area is 125 Å². The lowest BCUT2D eigenvalue weighted by atomic mass is 10.1. The lowest BCUT2D eigenvalue weighted by Crippen LogP contribution is -2.19. The van der Waals surface area contributed by atoms with Crippen molar-refractivity contribution in [2.24, 2.45) is 0 Å². The van der Waals surface area contributed by atoms with Gasteiger partial charge in [0, 0.05) is 39.2 Å². The lowest BCUT2D eigenvalue weighted by Gasteiger charge is -2.10. The average Bonchev–Trinajstić information content (AvgIpc) is 2.84. The quantitative estimate of drug-likeness (QED) is 0.749. The van der Waals surface area contributed by atoms with Gasteiger partial charge < -0.3 is 14.6 Å². The SMILES string of the molecule is COCCNCc1cccc2ccn(CCS(C)(=O)=O)c12. The second-order valence-electron chi connectivity index (χ2n) is 5.16. The summed E-state index contributed by atoms with van der Waals surface area (Å²) in [5, 5.41) is 4.46. The summed E-state index contributed by atoms with van der Waals surface area (Å²) in [6.07, 6.45) is 3.22. The van der Waals surface area contributed by atoms with Crippen molar-refractivity contribution in [1.82, 2.24) is 9.88 Å². The number of methoxy groups -OCH3 is 1. The zero-order chi connectivity index (χ0) is 15.3.